The molecule has 4 heterocycles. The van der Waals surface area contributed by atoms with E-state index in [2.05, 4.69) is 105 Å². The number of para-hydroxylation sites is 4. The van der Waals surface area contributed by atoms with Gasteiger partial charge in [0, 0.05) is 49.1 Å². The van der Waals surface area contributed by atoms with E-state index in [1.165, 1.54) is 0 Å². The summed E-state index contributed by atoms with van der Waals surface area (Å²) in [4.78, 5) is 27.3. The summed E-state index contributed by atoms with van der Waals surface area (Å²) in [5.74, 6) is 0.633. The number of H-pyrrole nitrogens is 1. The van der Waals surface area contributed by atoms with Gasteiger partial charge in [0.15, 0.2) is 0 Å². The van der Waals surface area contributed by atoms with E-state index in [4.69, 9.17) is 9.97 Å². The third kappa shape index (κ3) is 4.42. The summed E-state index contributed by atoms with van der Waals surface area (Å²) in [7, 11) is 0. The molecular weight excluding hydrogens is 651 g/mol. The lowest BCUT2D eigenvalue weighted by Crippen LogP contribution is -2.10. The van der Waals surface area contributed by atoms with Crippen LogP contribution in [0, 0.1) is 0 Å². The number of aromatic nitrogens is 5. The van der Waals surface area contributed by atoms with Crippen molar-refractivity contribution in [2.75, 3.05) is 0 Å². The van der Waals surface area contributed by atoms with Crippen molar-refractivity contribution < 1.29 is 0 Å². The van der Waals surface area contributed by atoms with Crippen LogP contribution < -0.4 is 5.56 Å². The molecule has 0 saturated heterocycles. The van der Waals surface area contributed by atoms with Gasteiger partial charge in [-0.15, -0.1) is 0 Å². The number of pyridine rings is 1. The van der Waals surface area contributed by atoms with Gasteiger partial charge in [-0.1, -0.05) is 115 Å². The summed E-state index contributed by atoms with van der Waals surface area (Å²) in [6.07, 6.45) is 0. The zero-order valence-corrected chi connectivity index (χ0v) is 28.4. The average Bonchev–Trinajstić information content (AvgIpc) is 3.74. The highest BCUT2D eigenvalue weighted by Gasteiger charge is 2.21. The standard InChI is InChI=1S/C47H29N5O/c53-46-45-43(34-18-7-10-20-38(34)48-46)37-28-31(24-26-42(37)51(45)32-15-5-2-6-16-32)30-23-25-41-36(27-30)33-17-9-12-22-40(33)52(41)47-49-39-21-11-8-19-35(39)44(50-47)29-13-3-1-4-14-29/h1-28H,(H,48,53). The minimum atomic E-state index is -0.110. The minimum Gasteiger partial charge on any atom is -0.320 e. The molecule has 11 rings (SSSR count). The van der Waals surface area contributed by atoms with Crippen LogP contribution in [0.3, 0.4) is 0 Å². The van der Waals surface area contributed by atoms with E-state index >= 15 is 0 Å². The third-order valence-electron chi connectivity index (χ3n) is 10.5. The van der Waals surface area contributed by atoms with E-state index in [0.29, 0.717) is 11.5 Å². The fourth-order valence-electron chi connectivity index (χ4n) is 8.14. The Morgan fingerprint density at radius 3 is 1.85 bits per heavy atom. The van der Waals surface area contributed by atoms with Crippen LogP contribution in [-0.4, -0.2) is 24.1 Å². The highest BCUT2D eigenvalue weighted by Crippen LogP contribution is 2.39. The maximum absolute atomic E-state index is 13.8. The molecular formula is C47H29N5O. The van der Waals surface area contributed by atoms with E-state index in [1.807, 2.05) is 78.9 Å². The van der Waals surface area contributed by atoms with E-state index in [9.17, 15) is 4.79 Å². The second-order valence-electron chi connectivity index (χ2n) is 13.5. The van der Waals surface area contributed by atoms with Crippen LogP contribution in [0.1, 0.15) is 0 Å². The van der Waals surface area contributed by atoms with Crippen LogP contribution in [0.25, 0.3) is 99.4 Å². The molecule has 0 bridgehead atoms. The normalized spacial score (nSPS) is 11.8. The number of nitrogens with zero attached hydrogens (tertiary/aromatic N) is 4. The first kappa shape index (κ1) is 29.4. The number of nitrogens with one attached hydrogen (secondary N) is 1. The molecule has 0 atom stereocenters. The summed E-state index contributed by atoms with van der Waals surface area (Å²) in [6.45, 7) is 0. The molecule has 248 valence electrons. The lowest BCUT2D eigenvalue weighted by atomic mass is 10.00. The van der Waals surface area contributed by atoms with E-state index < -0.39 is 0 Å². The van der Waals surface area contributed by atoms with Crippen molar-refractivity contribution in [2.45, 2.75) is 0 Å². The Labute approximate surface area is 302 Å². The van der Waals surface area contributed by atoms with Crippen molar-refractivity contribution in [1.29, 1.82) is 0 Å². The first-order valence-corrected chi connectivity index (χ1v) is 17.7. The third-order valence-corrected chi connectivity index (χ3v) is 10.5. The number of rotatable bonds is 4. The van der Waals surface area contributed by atoms with Gasteiger partial charge >= 0.3 is 0 Å². The maximum atomic E-state index is 13.8. The van der Waals surface area contributed by atoms with Gasteiger partial charge < -0.3 is 9.55 Å². The van der Waals surface area contributed by atoms with Crippen molar-refractivity contribution >= 4 is 65.4 Å². The van der Waals surface area contributed by atoms with Gasteiger partial charge in [-0.3, -0.25) is 9.36 Å². The molecule has 0 aliphatic heterocycles. The number of fused-ring (bicyclic) bond motifs is 9. The maximum Gasteiger partial charge on any atom is 0.273 e. The monoisotopic (exact) mass is 679 g/mol. The zero-order chi connectivity index (χ0) is 35.0. The highest BCUT2D eigenvalue weighted by molar-refractivity contribution is 6.21. The smallest absolute Gasteiger partial charge is 0.273 e. The Kier molecular flexibility index (Phi) is 6.30. The van der Waals surface area contributed by atoms with E-state index in [0.717, 1.165) is 88.0 Å². The molecule has 0 spiro atoms. The Hall–Kier alpha value is -7.31. The number of hydrogen-bond acceptors (Lipinski definition) is 3. The predicted octanol–water partition coefficient (Wildman–Crippen LogP) is 11.0. The van der Waals surface area contributed by atoms with Crippen LogP contribution in [0.4, 0.5) is 0 Å². The molecule has 1 N–H and O–H groups in total. The van der Waals surface area contributed by atoms with E-state index in [-0.39, 0.29) is 5.56 Å². The lowest BCUT2D eigenvalue weighted by Gasteiger charge is -2.12. The topological polar surface area (TPSA) is 68.5 Å². The summed E-state index contributed by atoms with van der Waals surface area (Å²) in [5, 5.41) is 6.26. The van der Waals surface area contributed by atoms with Crippen molar-refractivity contribution in [2.24, 2.45) is 0 Å². The van der Waals surface area contributed by atoms with Gasteiger partial charge in [0.2, 0.25) is 5.95 Å². The van der Waals surface area contributed by atoms with Crippen molar-refractivity contribution in [3.8, 4) is 34.0 Å². The zero-order valence-electron chi connectivity index (χ0n) is 28.4. The van der Waals surface area contributed by atoms with Crippen LogP contribution in [0.5, 0.6) is 0 Å². The highest BCUT2D eigenvalue weighted by atomic mass is 16.1. The number of benzene rings is 7. The van der Waals surface area contributed by atoms with Crippen LogP contribution in [-0.2, 0) is 0 Å². The van der Waals surface area contributed by atoms with E-state index in [1.54, 1.807) is 0 Å². The largest absolute Gasteiger partial charge is 0.320 e. The molecule has 0 fully saturated rings. The quantitative estimate of drug-likeness (QED) is 0.201. The Balaban J connectivity index is 1.15. The Morgan fingerprint density at radius 2 is 1.06 bits per heavy atom. The molecule has 0 aliphatic rings. The lowest BCUT2D eigenvalue weighted by molar-refractivity contribution is 1.01. The van der Waals surface area contributed by atoms with Crippen molar-refractivity contribution in [3.05, 3.63) is 180 Å². The molecule has 53 heavy (non-hydrogen) atoms. The SMILES string of the molecule is O=c1[nH]c2ccccc2c2c3cc(-c4ccc5c(c4)c4ccccc4n5-c4nc(-c5ccccc5)c5ccccc5n4)ccc3n(-c3ccccc3)c12. The van der Waals surface area contributed by atoms with Gasteiger partial charge in [-0.25, -0.2) is 9.97 Å². The fourth-order valence-corrected chi connectivity index (χ4v) is 8.14. The summed E-state index contributed by atoms with van der Waals surface area (Å²) in [5.41, 5.74) is 10.4. The van der Waals surface area contributed by atoms with Gasteiger partial charge in [-0.05, 0) is 65.7 Å². The van der Waals surface area contributed by atoms with Crippen molar-refractivity contribution in [3.63, 3.8) is 0 Å². The molecule has 7 aromatic carbocycles. The molecule has 6 heteroatoms. The number of aromatic amines is 1. The summed E-state index contributed by atoms with van der Waals surface area (Å²) in [6, 6.07) is 58.3. The van der Waals surface area contributed by atoms with Crippen LogP contribution >= 0.6 is 0 Å². The van der Waals surface area contributed by atoms with Crippen molar-refractivity contribution in [1.82, 2.24) is 24.1 Å². The predicted molar refractivity (Wildman–Crippen MR) is 217 cm³/mol. The second kappa shape index (κ2) is 11.4. The Morgan fingerprint density at radius 1 is 0.453 bits per heavy atom. The molecule has 11 aromatic rings. The molecule has 0 unspecified atom stereocenters. The molecule has 0 saturated carbocycles. The van der Waals surface area contributed by atoms with Gasteiger partial charge in [0.05, 0.1) is 27.8 Å². The first-order chi connectivity index (χ1) is 26.2. The average molecular weight is 680 g/mol. The van der Waals surface area contributed by atoms with Crippen LogP contribution in [0.15, 0.2) is 175 Å². The van der Waals surface area contributed by atoms with Gasteiger partial charge in [-0.2, -0.15) is 0 Å². The molecule has 6 nitrogen and oxygen atoms in total. The van der Waals surface area contributed by atoms with Gasteiger partial charge in [0.1, 0.15) is 5.52 Å². The molecule has 4 aromatic heterocycles. The fraction of sp³-hybridized carbons (Fsp3) is 0. The molecule has 0 amide bonds. The molecule has 0 radical (unpaired) electrons. The minimum absolute atomic E-state index is 0.110. The first-order valence-electron chi connectivity index (χ1n) is 17.7. The summed E-state index contributed by atoms with van der Waals surface area (Å²) >= 11 is 0. The second-order valence-corrected chi connectivity index (χ2v) is 13.5. The number of hydrogen-bond donors (Lipinski definition) is 1. The van der Waals surface area contributed by atoms with Gasteiger partial charge in [0.25, 0.3) is 5.56 Å². The van der Waals surface area contributed by atoms with Crippen LogP contribution in [0.2, 0.25) is 0 Å². The Bertz CT molecular complexity index is 3300. The molecule has 0 aliphatic carbocycles. The summed E-state index contributed by atoms with van der Waals surface area (Å²) < 4.78 is 4.27.